The van der Waals surface area contributed by atoms with Gasteiger partial charge >= 0.3 is 0 Å². The summed E-state index contributed by atoms with van der Waals surface area (Å²) in [5, 5.41) is 13.6. The lowest BCUT2D eigenvalue weighted by atomic mass is 9.46. The van der Waals surface area contributed by atoms with Crippen molar-refractivity contribution in [2.45, 2.75) is 64.0 Å². The molecule has 0 bridgehead atoms. The van der Waals surface area contributed by atoms with E-state index in [1.807, 2.05) is 6.92 Å². The summed E-state index contributed by atoms with van der Waals surface area (Å²) < 4.78 is 0. The molecule has 2 aliphatic rings. The maximum Gasteiger partial charge on any atom is 0.0762 e. The first-order valence-electron chi connectivity index (χ1n) is 8.12. The van der Waals surface area contributed by atoms with Crippen LogP contribution in [0.1, 0.15) is 69.2 Å². The first-order valence-corrected chi connectivity index (χ1v) is 8.12. The fraction of sp³-hybridized carbons (Fsp3) is 0.667. The second kappa shape index (κ2) is 4.85. The van der Waals surface area contributed by atoms with E-state index < -0.39 is 0 Å². The van der Waals surface area contributed by atoms with E-state index in [9.17, 15) is 5.11 Å². The van der Waals surface area contributed by atoms with Gasteiger partial charge in [-0.05, 0) is 42.9 Å². The predicted octanol–water partition coefficient (Wildman–Crippen LogP) is 3.50. The van der Waals surface area contributed by atoms with Gasteiger partial charge in [0.15, 0.2) is 0 Å². The molecule has 2 N–H and O–H groups in total. The normalized spacial score (nSPS) is 36.8. The maximum atomic E-state index is 9.88. The van der Waals surface area contributed by atoms with Crippen LogP contribution in [0.2, 0.25) is 0 Å². The maximum absolute atomic E-state index is 9.88. The van der Waals surface area contributed by atoms with Crippen LogP contribution in [-0.4, -0.2) is 17.7 Å². The molecule has 1 aliphatic heterocycles. The molecule has 0 amide bonds. The highest BCUT2D eigenvalue weighted by molar-refractivity contribution is 5.54. The molecule has 1 aliphatic carbocycles. The number of aliphatic hydroxyl groups is 1. The molecule has 20 heavy (non-hydrogen) atoms. The van der Waals surface area contributed by atoms with Crippen LogP contribution in [0.15, 0.2) is 18.2 Å². The largest absolute Gasteiger partial charge is 0.389 e. The summed E-state index contributed by atoms with van der Waals surface area (Å²) >= 11 is 0. The number of nitrogens with one attached hydrogen (secondary N) is 1. The number of fused-ring (bicyclic) bond motifs is 4. The van der Waals surface area contributed by atoms with Gasteiger partial charge in [0.1, 0.15) is 0 Å². The monoisotopic (exact) mass is 273 g/mol. The topological polar surface area (TPSA) is 32.3 Å². The van der Waals surface area contributed by atoms with Crippen molar-refractivity contribution in [3.05, 3.63) is 34.9 Å². The first-order chi connectivity index (χ1) is 9.56. The predicted molar refractivity (Wildman–Crippen MR) is 83.0 cm³/mol. The highest BCUT2D eigenvalue weighted by Gasteiger charge is 2.57. The Balaban J connectivity index is 2.10. The minimum Gasteiger partial charge on any atom is -0.389 e. The lowest BCUT2D eigenvalue weighted by molar-refractivity contribution is 0.0857. The second-order valence-corrected chi connectivity index (χ2v) is 6.68. The van der Waals surface area contributed by atoms with Crippen molar-refractivity contribution >= 4 is 0 Å². The Morgan fingerprint density at radius 1 is 1.40 bits per heavy atom. The molecule has 1 fully saturated rings. The Bertz CT molecular complexity index is 510. The number of aliphatic hydroxyl groups excluding tert-OH is 1. The van der Waals surface area contributed by atoms with Crippen molar-refractivity contribution in [3.63, 3.8) is 0 Å². The van der Waals surface area contributed by atoms with Crippen molar-refractivity contribution in [2.24, 2.45) is 5.92 Å². The third-order valence-corrected chi connectivity index (χ3v) is 5.99. The van der Waals surface area contributed by atoms with Crippen molar-refractivity contribution in [1.82, 2.24) is 5.32 Å². The third kappa shape index (κ3) is 1.64. The number of hydrogen-bond acceptors (Lipinski definition) is 2. The lowest BCUT2D eigenvalue weighted by Gasteiger charge is -2.60. The number of rotatable bonds is 3. The average Bonchev–Trinajstić information content (AvgIpc) is 2.43. The molecular formula is C18H27NO. The van der Waals surface area contributed by atoms with Gasteiger partial charge in [0.25, 0.3) is 0 Å². The zero-order chi connectivity index (χ0) is 14.5. The van der Waals surface area contributed by atoms with Crippen LogP contribution in [0, 0.1) is 5.92 Å². The zero-order valence-electron chi connectivity index (χ0n) is 13.1. The smallest absolute Gasteiger partial charge is 0.0762 e. The Hall–Kier alpha value is -0.860. The summed E-state index contributed by atoms with van der Waals surface area (Å²) in [7, 11) is 0. The summed E-state index contributed by atoms with van der Waals surface area (Å²) in [6.45, 7) is 9.95. The van der Waals surface area contributed by atoms with Gasteiger partial charge in [0.2, 0.25) is 0 Å². The van der Waals surface area contributed by atoms with Crippen molar-refractivity contribution in [1.29, 1.82) is 0 Å². The molecule has 0 aromatic heterocycles. The van der Waals surface area contributed by atoms with Gasteiger partial charge in [0.05, 0.1) is 6.10 Å². The zero-order valence-corrected chi connectivity index (χ0v) is 13.1. The van der Waals surface area contributed by atoms with Gasteiger partial charge in [-0.3, -0.25) is 0 Å². The van der Waals surface area contributed by atoms with Gasteiger partial charge < -0.3 is 10.4 Å². The molecule has 2 heteroatoms. The van der Waals surface area contributed by atoms with E-state index in [0.29, 0.717) is 23.3 Å². The van der Waals surface area contributed by atoms with E-state index in [1.165, 1.54) is 24.0 Å². The summed E-state index contributed by atoms with van der Waals surface area (Å²) in [6.07, 6.45) is 2.06. The van der Waals surface area contributed by atoms with Crippen LogP contribution in [0.25, 0.3) is 0 Å². The fourth-order valence-corrected chi connectivity index (χ4v) is 4.99. The molecule has 1 aromatic carbocycles. The van der Waals surface area contributed by atoms with Crippen LogP contribution in [0.3, 0.4) is 0 Å². The van der Waals surface area contributed by atoms with E-state index in [2.05, 4.69) is 44.3 Å². The van der Waals surface area contributed by atoms with Crippen molar-refractivity contribution in [2.75, 3.05) is 6.54 Å². The highest BCUT2D eigenvalue weighted by atomic mass is 16.3. The van der Waals surface area contributed by atoms with E-state index in [4.69, 9.17) is 0 Å². The van der Waals surface area contributed by atoms with Crippen LogP contribution in [0.5, 0.6) is 0 Å². The second-order valence-electron chi connectivity index (χ2n) is 6.68. The van der Waals surface area contributed by atoms with Crippen LogP contribution in [-0.2, 0) is 5.41 Å². The van der Waals surface area contributed by atoms with Crippen LogP contribution < -0.4 is 5.32 Å². The fourth-order valence-electron chi connectivity index (χ4n) is 4.99. The van der Waals surface area contributed by atoms with Gasteiger partial charge in [0, 0.05) is 23.9 Å². The van der Waals surface area contributed by atoms with E-state index in [-0.39, 0.29) is 6.10 Å². The number of hydrogen-bond donors (Lipinski definition) is 2. The van der Waals surface area contributed by atoms with Crippen molar-refractivity contribution < 1.29 is 5.11 Å². The van der Waals surface area contributed by atoms with E-state index in [1.54, 1.807) is 0 Å². The van der Waals surface area contributed by atoms with Gasteiger partial charge in [-0.1, -0.05) is 38.5 Å². The Kier molecular flexibility index (Phi) is 3.42. The number of piperidine rings is 1. The van der Waals surface area contributed by atoms with E-state index >= 15 is 0 Å². The third-order valence-electron chi connectivity index (χ3n) is 5.99. The molecular weight excluding hydrogens is 246 g/mol. The average molecular weight is 273 g/mol. The molecule has 2 nitrogen and oxygen atoms in total. The molecule has 110 valence electrons. The molecule has 3 rings (SSSR count). The Labute approximate surface area is 122 Å². The van der Waals surface area contributed by atoms with Crippen molar-refractivity contribution in [3.8, 4) is 0 Å². The first kappa shape index (κ1) is 14.1. The molecule has 1 aromatic rings. The molecule has 5 atom stereocenters. The Morgan fingerprint density at radius 3 is 2.75 bits per heavy atom. The van der Waals surface area contributed by atoms with Crippen LogP contribution >= 0.6 is 0 Å². The summed E-state index contributed by atoms with van der Waals surface area (Å²) in [6, 6.07) is 7.21. The van der Waals surface area contributed by atoms with E-state index in [0.717, 1.165) is 12.1 Å². The molecule has 1 heterocycles. The van der Waals surface area contributed by atoms with Gasteiger partial charge in [-0.15, -0.1) is 0 Å². The number of benzene rings is 1. The minimum atomic E-state index is -0.368. The SMILES string of the molecule is CCC1C(C)NCC2c3ccc(C(C)O)cc3C21CC. The minimum absolute atomic E-state index is 0.333. The highest BCUT2D eigenvalue weighted by Crippen LogP contribution is 2.61. The van der Waals surface area contributed by atoms with Gasteiger partial charge in [-0.2, -0.15) is 0 Å². The molecule has 0 spiro atoms. The standard InChI is InChI=1S/C18H27NO/c1-5-15-11(3)19-10-17-14-8-7-13(12(4)20)9-16(14)18(15,17)6-2/h7-9,11-12,15,17,19-20H,5-6,10H2,1-4H3. The Morgan fingerprint density at radius 2 is 2.15 bits per heavy atom. The molecule has 1 saturated heterocycles. The lowest BCUT2D eigenvalue weighted by Crippen LogP contribution is -2.62. The van der Waals surface area contributed by atoms with Gasteiger partial charge in [-0.25, -0.2) is 0 Å². The molecule has 0 saturated carbocycles. The summed E-state index contributed by atoms with van der Waals surface area (Å²) in [4.78, 5) is 0. The van der Waals surface area contributed by atoms with Crippen LogP contribution in [0.4, 0.5) is 0 Å². The molecule has 0 radical (unpaired) electrons. The summed E-state index contributed by atoms with van der Waals surface area (Å²) in [5.41, 5.74) is 4.42. The molecule has 5 unspecified atom stereocenters. The quantitative estimate of drug-likeness (QED) is 0.883. The summed E-state index contributed by atoms with van der Waals surface area (Å²) in [5.74, 6) is 1.36.